The molecule has 0 aliphatic rings. The Morgan fingerprint density at radius 3 is 1.60 bits per heavy atom. The van der Waals surface area contributed by atoms with Gasteiger partial charge in [-0.15, -0.1) is 10.2 Å². The Kier molecular flexibility index (Phi) is 19.8. The van der Waals surface area contributed by atoms with Crippen LogP contribution in [0.15, 0.2) is 136 Å². The molecular weight excluding hydrogens is 1120 g/mol. The zero-order valence-corrected chi connectivity index (χ0v) is 46.8. The van der Waals surface area contributed by atoms with Crippen molar-refractivity contribution in [3.05, 3.63) is 129 Å². The Hall–Kier alpha value is -8.03. The molecule has 0 saturated heterocycles. The average molecular weight is 1180 g/mol. The summed E-state index contributed by atoms with van der Waals surface area (Å²) in [6.07, 6.45) is 3.02. The minimum Gasteiger partial charge on any atom is -0.505 e. The Morgan fingerprint density at radius 1 is 0.588 bits per heavy atom. The van der Waals surface area contributed by atoms with Crippen LogP contribution in [0.1, 0.15) is 58.7 Å². The van der Waals surface area contributed by atoms with Gasteiger partial charge in [0.15, 0.2) is 5.75 Å². The number of anilines is 1. The lowest BCUT2D eigenvalue weighted by Gasteiger charge is -2.13. The van der Waals surface area contributed by atoms with E-state index < -0.39 is 68.3 Å². The van der Waals surface area contributed by atoms with Crippen LogP contribution in [0.5, 0.6) is 11.5 Å². The van der Waals surface area contributed by atoms with E-state index in [2.05, 4.69) is 46.2 Å². The highest BCUT2D eigenvalue weighted by atomic mass is 32.2. The maximum atomic E-state index is 12.4. The van der Waals surface area contributed by atoms with Crippen LogP contribution in [0.4, 0.5) is 51.2 Å². The van der Waals surface area contributed by atoms with Gasteiger partial charge < -0.3 is 19.9 Å². The molecule has 0 aromatic heterocycles. The SMILES string of the molecule is C/C=C(/OCCCS(=O)(=O)O)c1cc(N=Nc2cc(C)c(N=Nc3cc(OCCCS(=O)(=O)O)c(N=Nc4cc(C)c(N=Nc5c(S(=O)(=O)O)cc6cc(NC=O)ccc6c5O)cc4C)cc3C)cc2C)ccc1/C=C/S(=O)(=O)O. The Balaban J connectivity index is 1.26. The molecule has 0 bridgehead atoms. The van der Waals surface area contributed by atoms with Crippen LogP contribution in [0.25, 0.3) is 22.6 Å². The number of fused-ring (bicyclic) bond motifs is 1. The molecule has 422 valence electrons. The van der Waals surface area contributed by atoms with Crippen molar-refractivity contribution in [2.45, 2.75) is 59.3 Å². The largest absolute Gasteiger partial charge is 0.505 e. The van der Waals surface area contributed by atoms with Crippen molar-refractivity contribution >= 4 is 121 Å². The Labute approximate surface area is 460 Å². The predicted octanol–water partition coefficient (Wildman–Crippen LogP) is 12.7. The summed E-state index contributed by atoms with van der Waals surface area (Å²) in [5.74, 6) is -1.33. The number of phenolic OH excluding ortho intramolecular Hbond substituents is 1. The van der Waals surface area contributed by atoms with Crippen LogP contribution in [-0.4, -0.2) is 88.1 Å². The first kappa shape index (κ1) is 61.2. The number of amides is 1. The highest BCUT2D eigenvalue weighted by Gasteiger charge is 2.23. The normalized spacial score (nSPS) is 13.0. The molecule has 0 saturated carbocycles. The third-order valence-electron chi connectivity index (χ3n) is 11.5. The first-order valence-electron chi connectivity index (χ1n) is 23.7. The van der Waals surface area contributed by atoms with Gasteiger partial charge in [0.1, 0.15) is 27.8 Å². The van der Waals surface area contributed by atoms with Crippen LogP contribution < -0.4 is 10.1 Å². The topological polar surface area (TPSA) is 384 Å². The van der Waals surface area contributed by atoms with E-state index in [0.29, 0.717) is 84.9 Å². The second kappa shape index (κ2) is 25.8. The number of nitrogens with one attached hydrogen (secondary N) is 1. The summed E-state index contributed by atoms with van der Waals surface area (Å²) in [5, 5.41) is 49.4. The van der Waals surface area contributed by atoms with Crippen LogP contribution in [0, 0.1) is 34.6 Å². The second-order valence-electron chi connectivity index (χ2n) is 17.7. The van der Waals surface area contributed by atoms with E-state index >= 15 is 0 Å². The van der Waals surface area contributed by atoms with Gasteiger partial charge in [0.2, 0.25) is 6.41 Å². The molecule has 6 rings (SSSR count). The molecule has 0 fully saturated rings. The van der Waals surface area contributed by atoms with Gasteiger partial charge in [-0.05, 0) is 172 Å². The fourth-order valence-electron chi connectivity index (χ4n) is 7.49. The van der Waals surface area contributed by atoms with Crippen molar-refractivity contribution in [3.8, 4) is 11.5 Å². The first-order valence-corrected chi connectivity index (χ1v) is 29.8. The quantitative estimate of drug-likeness (QED) is 0.0108. The third-order valence-corrected chi connectivity index (χ3v) is 14.5. The molecule has 0 atom stereocenters. The fraction of sp³-hybridized carbons (Fsp3) is 0.235. The van der Waals surface area contributed by atoms with E-state index in [1.807, 2.05) is 0 Å². The van der Waals surface area contributed by atoms with Crippen molar-refractivity contribution in [2.24, 2.45) is 40.9 Å². The summed E-state index contributed by atoms with van der Waals surface area (Å²) >= 11 is 0. The van der Waals surface area contributed by atoms with Crippen molar-refractivity contribution in [3.63, 3.8) is 0 Å². The van der Waals surface area contributed by atoms with Crippen LogP contribution in [-0.2, 0) is 50.0 Å². The number of allylic oxidation sites excluding steroid dienone is 1. The Morgan fingerprint density at radius 2 is 1.09 bits per heavy atom. The number of hydrogen-bond acceptors (Lipinski definition) is 20. The molecule has 0 radical (unpaired) electrons. The summed E-state index contributed by atoms with van der Waals surface area (Å²) in [7, 11) is -18.0. The van der Waals surface area contributed by atoms with Crippen LogP contribution >= 0.6 is 0 Å². The molecule has 6 aromatic rings. The monoisotopic (exact) mass is 1180 g/mol. The molecule has 0 aliphatic carbocycles. The van der Waals surface area contributed by atoms with Gasteiger partial charge in [0.05, 0.1) is 64.3 Å². The van der Waals surface area contributed by atoms with E-state index in [9.17, 15) is 57.2 Å². The third kappa shape index (κ3) is 17.2. The Bertz CT molecular complexity index is 4050. The van der Waals surface area contributed by atoms with E-state index in [4.69, 9.17) is 14.0 Å². The van der Waals surface area contributed by atoms with Gasteiger partial charge in [-0.2, -0.15) is 64.4 Å². The zero-order chi connectivity index (χ0) is 58.7. The van der Waals surface area contributed by atoms with Crippen molar-refractivity contribution in [1.82, 2.24) is 0 Å². The van der Waals surface area contributed by atoms with Crippen molar-refractivity contribution in [2.75, 3.05) is 30.0 Å². The number of aromatic hydroxyl groups is 1. The lowest BCUT2D eigenvalue weighted by Crippen LogP contribution is -2.08. The number of rotatable bonds is 24. The van der Waals surface area contributed by atoms with Gasteiger partial charge in [0.25, 0.3) is 40.5 Å². The van der Waals surface area contributed by atoms with Crippen LogP contribution in [0.2, 0.25) is 0 Å². The molecule has 25 nitrogen and oxygen atoms in total. The number of azo groups is 4. The molecule has 6 N–H and O–H groups in total. The predicted molar refractivity (Wildman–Crippen MR) is 299 cm³/mol. The summed E-state index contributed by atoms with van der Waals surface area (Å²) in [6.45, 7) is 10.0. The molecule has 80 heavy (non-hydrogen) atoms. The average Bonchev–Trinajstić information content (AvgIpc) is 3.52. The number of nitrogens with zero attached hydrogens (tertiary/aromatic N) is 8. The standard InChI is InChI=1S/C51H53N9O16S4/c1-7-47(75-15-8-17-77(63,64)65)40-27-38(11-10-35(40)14-19-79(69,70)71)53-54-41-20-31(3)42(21-30(41)2)55-57-45-28-48(76-16-9-18-78(66,67)68)46(24-34(45)6)59-56-43-22-33(5)44(23-32(43)4)58-60-50-49(80(72,73)74)26-36-25-37(52-29-61)12-13-39(36)51(50)62/h7,10-14,19-29,62H,8-9,15-18H2,1-6H3,(H,52,61)(H,63,64,65)(H,66,67,68)(H,69,70,71)(H,72,73,74)/b19-14+,47-7+,54-53?,57-55?,59-56?,60-58?. The maximum absolute atomic E-state index is 12.4. The van der Waals surface area contributed by atoms with E-state index in [0.717, 1.165) is 12.1 Å². The molecular formula is C51H53N9O16S4. The van der Waals surface area contributed by atoms with Gasteiger partial charge in [0, 0.05) is 22.7 Å². The molecule has 1 amide bonds. The van der Waals surface area contributed by atoms with E-state index in [1.165, 1.54) is 24.3 Å². The molecule has 0 aliphatic heterocycles. The number of aryl methyl sites for hydroxylation is 5. The summed E-state index contributed by atoms with van der Waals surface area (Å²) in [5.41, 5.74) is 5.77. The molecule has 6 aromatic carbocycles. The van der Waals surface area contributed by atoms with Gasteiger partial charge in [-0.25, -0.2) is 0 Å². The number of hydrogen-bond donors (Lipinski definition) is 6. The van der Waals surface area contributed by atoms with Gasteiger partial charge in [-0.1, -0.05) is 6.07 Å². The molecule has 0 unspecified atom stereocenters. The minimum atomic E-state index is -4.93. The summed E-state index contributed by atoms with van der Waals surface area (Å²) in [4.78, 5) is 10.2. The summed E-state index contributed by atoms with van der Waals surface area (Å²) < 4.78 is 143. The lowest BCUT2D eigenvalue weighted by molar-refractivity contribution is -0.105. The minimum absolute atomic E-state index is 0.0420. The van der Waals surface area contributed by atoms with E-state index in [-0.39, 0.29) is 59.7 Å². The van der Waals surface area contributed by atoms with Gasteiger partial charge in [-0.3, -0.25) is 23.0 Å². The second-order valence-corrected chi connectivity index (χ2v) is 23.6. The number of benzene rings is 6. The number of ether oxygens (including phenoxy) is 2. The maximum Gasteiger partial charge on any atom is 0.296 e. The lowest BCUT2D eigenvalue weighted by atomic mass is 10.0. The fourth-order valence-corrected chi connectivity index (χ4v) is 9.43. The zero-order valence-electron chi connectivity index (χ0n) is 43.5. The molecule has 0 spiro atoms. The van der Waals surface area contributed by atoms with Crippen molar-refractivity contribution in [1.29, 1.82) is 0 Å². The van der Waals surface area contributed by atoms with Crippen LogP contribution in [0.3, 0.4) is 0 Å². The highest BCUT2D eigenvalue weighted by Crippen LogP contribution is 2.43. The number of carbonyl (C=O) groups excluding carboxylic acids is 1. The van der Waals surface area contributed by atoms with E-state index in [1.54, 1.807) is 96.1 Å². The molecule has 29 heteroatoms. The number of carbonyl (C=O) groups is 1. The smallest absolute Gasteiger partial charge is 0.296 e. The highest BCUT2D eigenvalue weighted by molar-refractivity contribution is 7.89. The van der Waals surface area contributed by atoms with Gasteiger partial charge >= 0.3 is 0 Å². The number of phenols is 1. The first-order chi connectivity index (χ1) is 37.5. The molecule has 0 heterocycles. The summed E-state index contributed by atoms with van der Waals surface area (Å²) in [6, 6.07) is 19.9. The van der Waals surface area contributed by atoms with Crippen molar-refractivity contribution < 1.29 is 71.3 Å².